The fourth-order valence-corrected chi connectivity index (χ4v) is 5.27. The number of aryl methyl sites for hydroxylation is 1. The predicted molar refractivity (Wildman–Crippen MR) is 124 cm³/mol. The number of carbonyl (C=O) groups excluding carboxylic acids is 2. The summed E-state index contributed by atoms with van der Waals surface area (Å²) in [7, 11) is -3.76. The molecule has 2 N–H and O–H groups in total. The number of nitrogens with one attached hydrogen (secondary N) is 2. The Hall–Kier alpha value is -2.71. The van der Waals surface area contributed by atoms with Crippen LogP contribution in [0.25, 0.3) is 0 Å². The van der Waals surface area contributed by atoms with Gasteiger partial charge in [0.15, 0.2) is 0 Å². The number of fused-ring (bicyclic) bond motifs is 1. The highest BCUT2D eigenvalue weighted by Crippen LogP contribution is 2.39. The summed E-state index contributed by atoms with van der Waals surface area (Å²) in [6.45, 7) is 4.00. The van der Waals surface area contributed by atoms with Crippen LogP contribution in [0.3, 0.4) is 0 Å². The van der Waals surface area contributed by atoms with Gasteiger partial charge in [-0.05, 0) is 68.0 Å². The Morgan fingerprint density at radius 2 is 1.88 bits per heavy atom. The van der Waals surface area contributed by atoms with E-state index in [2.05, 4.69) is 10.0 Å². The maximum absolute atomic E-state index is 12.8. The number of amides is 2. The lowest BCUT2D eigenvalue weighted by Gasteiger charge is -2.22. The number of sulfonamides is 1. The smallest absolute Gasteiger partial charge is 0.240 e. The minimum atomic E-state index is -3.76. The van der Waals surface area contributed by atoms with E-state index in [0.717, 1.165) is 41.8 Å². The van der Waals surface area contributed by atoms with Crippen molar-refractivity contribution in [1.82, 2.24) is 4.72 Å². The van der Waals surface area contributed by atoms with E-state index < -0.39 is 10.0 Å². The third-order valence-corrected chi connectivity index (χ3v) is 7.52. The van der Waals surface area contributed by atoms with Crippen LogP contribution in [-0.4, -0.2) is 32.8 Å². The highest BCUT2D eigenvalue weighted by atomic mass is 32.2. The van der Waals surface area contributed by atoms with Gasteiger partial charge >= 0.3 is 0 Å². The van der Waals surface area contributed by atoms with Gasteiger partial charge in [0.1, 0.15) is 0 Å². The van der Waals surface area contributed by atoms with Gasteiger partial charge in [0, 0.05) is 36.3 Å². The van der Waals surface area contributed by atoms with Gasteiger partial charge in [0.2, 0.25) is 21.8 Å². The quantitative estimate of drug-likeness (QED) is 0.639. The molecule has 1 fully saturated rings. The van der Waals surface area contributed by atoms with Gasteiger partial charge in [-0.25, -0.2) is 13.1 Å². The van der Waals surface area contributed by atoms with Gasteiger partial charge in [-0.2, -0.15) is 0 Å². The predicted octanol–water partition coefficient (Wildman–Crippen LogP) is 3.24. The summed E-state index contributed by atoms with van der Waals surface area (Å²) in [4.78, 5) is 26.8. The zero-order chi connectivity index (χ0) is 22.9. The SMILES string of the molecule is CCc1ccccc1NC(=O)CCNS(=O)(=O)c1ccc2c(c1)C[C@H](C)N2C(=O)C1CC1. The molecule has 32 heavy (non-hydrogen) atoms. The van der Waals surface area contributed by atoms with Crippen molar-refractivity contribution in [3.63, 3.8) is 0 Å². The molecule has 2 aromatic carbocycles. The van der Waals surface area contributed by atoms with E-state index in [1.165, 1.54) is 6.07 Å². The first-order chi connectivity index (χ1) is 15.3. The summed E-state index contributed by atoms with van der Waals surface area (Å²) in [5.74, 6) is 0.00941. The number of para-hydroxylation sites is 1. The van der Waals surface area contributed by atoms with Gasteiger partial charge < -0.3 is 10.2 Å². The molecule has 2 aliphatic rings. The topological polar surface area (TPSA) is 95.6 Å². The largest absolute Gasteiger partial charge is 0.326 e. The Morgan fingerprint density at radius 3 is 2.59 bits per heavy atom. The van der Waals surface area contributed by atoms with E-state index in [9.17, 15) is 18.0 Å². The minimum absolute atomic E-state index is 0.00222. The Balaban J connectivity index is 1.37. The molecule has 170 valence electrons. The van der Waals surface area contributed by atoms with Crippen LogP contribution in [0.4, 0.5) is 11.4 Å². The van der Waals surface area contributed by atoms with Crippen molar-refractivity contribution < 1.29 is 18.0 Å². The molecule has 1 saturated carbocycles. The Bertz CT molecular complexity index is 1140. The molecule has 0 spiro atoms. The Morgan fingerprint density at radius 1 is 1.12 bits per heavy atom. The molecule has 2 aromatic rings. The first kappa shape index (κ1) is 22.5. The van der Waals surface area contributed by atoms with Gasteiger partial charge in [-0.1, -0.05) is 25.1 Å². The van der Waals surface area contributed by atoms with Gasteiger partial charge in [0.25, 0.3) is 0 Å². The molecule has 0 bridgehead atoms. The molecule has 0 saturated heterocycles. The maximum atomic E-state index is 12.8. The first-order valence-corrected chi connectivity index (χ1v) is 12.6. The van der Waals surface area contributed by atoms with Crippen LogP contribution in [-0.2, 0) is 32.5 Å². The van der Waals surface area contributed by atoms with E-state index in [1.54, 1.807) is 12.1 Å². The molecule has 1 atom stereocenters. The number of hydrogen-bond acceptors (Lipinski definition) is 4. The maximum Gasteiger partial charge on any atom is 0.240 e. The van der Waals surface area contributed by atoms with Crippen molar-refractivity contribution in [2.75, 3.05) is 16.8 Å². The molecule has 0 unspecified atom stereocenters. The molecular weight excluding hydrogens is 426 g/mol. The summed E-state index contributed by atoms with van der Waals surface area (Å²) < 4.78 is 28.0. The highest BCUT2D eigenvalue weighted by molar-refractivity contribution is 7.89. The van der Waals surface area contributed by atoms with Gasteiger partial charge in [-0.3, -0.25) is 9.59 Å². The second kappa shape index (κ2) is 9.03. The lowest BCUT2D eigenvalue weighted by molar-refractivity contribution is -0.120. The van der Waals surface area contributed by atoms with Crippen molar-refractivity contribution >= 4 is 33.2 Å². The third-order valence-electron chi connectivity index (χ3n) is 6.06. The van der Waals surface area contributed by atoms with E-state index in [0.29, 0.717) is 6.42 Å². The van der Waals surface area contributed by atoms with Crippen molar-refractivity contribution in [2.45, 2.75) is 56.9 Å². The number of rotatable bonds is 8. The summed E-state index contributed by atoms with van der Waals surface area (Å²) in [6.07, 6.45) is 3.33. The summed E-state index contributed by atoms with van der Waals surface area (Å²) in [6, 6.07) is 12.5. The van der Waals surface area contributed by atoms with Crippen LogP contribution >= 0.6 is 0 Å². The van der Waals surface area contributed by atoms with E-state index >= 15 is 0 Å². The Kier molecular flexibility index (Phi) is 6.35. The van der Waals surface area contributed by atoms with Crippen LogP contribution in [0.5, 0.6) is 0 Å². The molecule has 4 rings (SSSR count). The molecule has 0 radical (unpaired) electrons. The van der Waals surface area contributed by atoms with E-state index in [1.807, 2.05) is 43.0 Å². The monoisotopic (exact) mass is 455 g/mol. The van der Waals surface area contributed by atoms with Crippen molar-refractivity contribution in [1.29, 1.82) is 0 Å². The molecular formula is C24H29N3O4S. The summed E-state index contributed by atoms with van der Waals surface area (Å²) in [5, 5.41) is 2.84. The second-order valence-corrected chi connectivity index (χ2v) is 10.3. The Labute approximate surface area is 189 Å². The molecule has 8 heteroatoms. The normalized spacial score (nSPS) is 17.8. The zero-order valence-corrected chi connectivity index (χ0v) is 19.2. The average Bonchev–Trinajstić information content (AvgIpc) is 3.55. The average molecular weight is 456 g/mol. The molecule has 1 heterocycles. The number of anilines is 2. The van der Waals surface area contributed by atoms with Crippen molar-refractivity contribution in [2.24, 2.45) is 5.92 Å². The lowest BCUT2D eigenvalue weighted by Crippen LogP contribution is -2.36. The van der Waals surface area contributed by atoms with Gasteiger partial charge in [-0.15, -0.1) is 0 Å². The van der Waals surface area contributed by atoms with E-state index in [4.69, 9.17) is 0 Å². The highest BCUT2D eigenvalue weighted by Gasteiger charge is 2.39. The van der Waals surface area contributed by atoms with Gasteiger partial charge in [0.05, 0.1) is 4.90 Å². The standard InChI is InChI=1S/C24H29N3O4S/c1-3-17-6-4-5-7-21(17)26-23(28)12-13-25-32(30,31)20-10-11-22-19(15-20)14-16(2)27(22)24(29)18-8-9-18/h4-7,10-11,15-16,18,25H,3,8-9,12-14H2,1-2H3,(H,26,28)/t16-/m0/s1. The fraction of sp³-hybridized carbons (Fsp3) is 0.417. The zero-order valence-electron chi connectivity index (χ0n) is 18.4. The number of benzene rings is 2. The van der Waals surface area contributed by atoms with E-state index in [-0.39, 0.29) is 41.6 Å². The summed E-state index contributed by atoms with van der Waals surface area (Å²) >= 11 is 0. The molecule has 1 aliphatic carbocycles. The van der Waals surface area contributed by atoms with Crippen molar-refractivity contribution in [3.8, 4) is 0 Å². The van der Waals surface area contributed by atoms with Crippen LogP contribution < -0.4 is 14.9 Å². The first-order valence-electron chi connectivity index (χ1n) is 11.1. The van der Waals surface area contributed by atoms with Crippen LogP contribution in [0, 0.1) is 5.92 Å². The number of carbonyl (C=O) groups is 2. The molecule has 7 nitrogen and oxygen atoms in total. The lowest BCUT2D eigenvalue weighted by atomic mass is 10.1. The minimum Gasteiger partial charge on any atom is -0.326 e. The van der Waals surface area contributed by atoms with Crippen LogP contribution in [0.1, 0.15) is 44.2 Å². The third kappa shape index (κ3) is 4.71. The fourth-order valence-electron chi connectivity index (χ4n) is 4.18. The number of nitrogens with zero attached hydrogens (tertiary/aromatic N) is 1. The molecule has 1 aliphatic heterocycles. The summed E-state index contributed by atoms with van der Waals surface area (Å²) in [5.41, 5.74) is 3.45. The van der Waals surface area contributed by atoms with Crippen LogP contribution in [0.15, 0.2) is 47.4 Å². The molecule has 2 amide bonds. The van der Waals surface area contributed by atoms with Crippen molar-refractivity contribution in [3.05, 3.63) is 53.6 Å². The second-order valence-electron chi connectivity index (χ2n) is 8.53. The molecule has 0 aromatic heterocycles. The van der Waals surface area contributed by atoms with Crippen LogP contribution in [0.2, 0.25) is 0 Å². The number of hydrogen-bond donors (Lipinski definition) is 2.